The van der Waals surface area contributed by atoms with Gasteiger partial charge < -0.3 is 10.2 Å². The Bertz CT molecular complexity index is 832. The molecule has 1 N–H and O–H groups in total. The van der Waals surface area contributed by atoms with Gasteiger partial charge in [0.15, 0.2) is 0 Å². The van der Waals surface area contributed by atoms with Crippen molar-refractivity contribution in [1.82, 2.24) is 9.88 Å². The lowest BCUT2D eigenvalue weighted by molar-refractivity contribution is -0.131. The van der Waals surface area contributed by atoms with Crippen LogP contribution in [0.15, 0.2) is 18.3 Å². The van der Waals surface area contributed by atoms with Crippen molar-refractivity contribution in [3.05, 3.63) is 35.0 Å². The monoisotopic (exact) mass is 336 g/mol. The third-order valence-electron chi connectivity index (χ3n) is 4.78. The summed E-state index contributed by atoms with van der Waals surface area (Å²) < 4.78 is 0. The van der Waals surface area contributed by atoms with E-state index in [1.54, 1.807) is 6.20 Å². The van der Waals surface area contributed by atoms with Crippen LogP contribution in [-0.4, -0.2) is 35.4 Å². The molecule has 1 amide bonds. The minimum atomic E-state index is 0.191. The van der Waals surface area contributed by atoms with E-state index in [-0.39, 0.29) is 5.91 Å². The van der Waals surface area contributed by atoms with Gasteiger partial charge in [0.05, 0.1) is 16.8 Å². The molecule has 2 heterocycles. The van der Waals surface area contributed by atoms with Gasteiger partial charge in [-0.3, -0.25) is 9.78 Å². The fourth-order valence-corrected chi connectivity index (χ4v) is 3.53. The van der Waals surface area contributed by atoms with E-state index in [0.717, 1.165) is 53.6 Å². The summed E-state index contributed by atoms with van der Waals surface area (Å²) in [5, 5.41) is 13.7. The molecule has 5 heteroatoms. The van der Waals surface area contributed by atoms with Gasteiger partial charge >= 0.3 is 0 Å². The first kappa shape index (κ1) is 17.2. The van der Waals surface area contributed by atoms with Crippen LogP contribution in [0.5, 0.6) is 0 Å². The predicted molar refractivity (Wildman–Crippen MR) is 99.5 cm³/mol. The Hall–Kier alpha value is -2.61. The number of fused-ring (bicyclic) bond motifs is 1. The van der Waals surface area contributed by atoms with Crippen molar-refractivity contribution >= 4 is 22.5 Å². The molecule has 0 unspecified atom stereocenters. The molecule has 1 aliphatic heterocycles. The van der Waals surface area contributed by atoms with Crippen LogP contribution < -0.4 is 5.32 Å². The highest BCUT2D eigenvalue weighted by Gasteiger charge is 2.16. The second kappa shape index (κ2) is 7.52. The summed E-state index contributed by atoms with van der Waals surface area (Å²) in [6.45, 7) is 6.33. The molecule has 0 saturated carbocycles. The average molecular weight is 336 g/mol. The third kappa shape index (κ3) is 3.74. The van der Waals surface area contributed by atoms with Crippen molar-refractivity contribution in [2.75, 3.05) is 25.0 Å². The molecule has 5 nitrogen and oxygen atoms in total. The van der Waals surface area contributed by atoms with E-state index >= 15 is 0 Å². The molecule has 1 aromatic heterocycles. The number of carbonyl (C=O) groups excluding carboxylic acids is 1. The van der Waals surface area contributed by atoms with E-state index in [1.165, 1.54) is 6.42 Å². The molecular formula is C20H24N4O. The van der Waals surface area contributed by atoms with Gasteiger partial charge in [-0.25, -0.2) is 0 Å². The number of aryl methyl sites for hydroxylation is 2. The molecule has 3 rings (SSSR count). The summed E-state index contributed by atoms with van der Waals surface area (Å²) in [7, 11) is 0. The van der Waals surface area contributed by atoms with Crippen molar-refractivity contribution in [2.45, 2.75) is 39.5 Å². The molecule has 1 aliphatic rings. The second-order valence-electron chi connectivity index (χ2n) is 6.75. The number of rotatable bonds is 4. The van der Waals surface area contributed by atoms with Gasteiger partial charge in [-0.05, 0) is 44.7 Å². The zero-order chi connectivity index (χ0) is 17.8. The standard InChI is InChI=1S/C20H24N4O/c1-14-10-15(2)19-17(11-14)20(16(12-21)13-23-19)22-7-6-18(25)24-8-4-3-5-9-24/h10-11,13H,3-9H2,1-2H3,(H,22,23). The summed E-state index contributed by atoms with van der Waals surface area (Å²) in [6.07, 6.45) is 5.48. The molecule has 1 aromatic carbocycles. The average Bonchev–Trinajstić information content (AvgIpc) is 2.62. The van der Waals surface area contributed by atoms with Gasteiger partial charge in [0.25, 0.3) is 0 Å². The van der Waals surface area contributed by atoms with Crippen LogP contribution in [0.1, 0.15) is 42.4 Å². The first-order chi connectivity index (χ1) is 12.1. The highest BCUT2D eigenvalue weighted by atomic mass is 16.2. The number of carbonyl (C=O) groups is 1. The maximum Gasteiger partial charge on any atom is 0.224 e. The van der Waals surface area contributed by atoms with E-state index in [9.17, 15) is 10.1 Å². The van der Waals surface area contributed by atoms with E-state index < -0.39 is 0 Å². The second-order valence-corrected chi connectivity index (χ2v) is 6.75. The van der Waals surface area contributed by atoms with Gasteiger partial charge in [-0.2, -0.15) is 5.26 Å². The molecule has 1 fully saturated rings. The van der Waals surface area contributed by atoms with Crippen molar-refractivity contribution in [3.8, 4) is 6.07 Å². The Balaban J connectivity index is 1.78. The molecule has 130 valence electrons. The van der Waals surface area contributed by atoms with Gasteiger partial charge in [0, 0.05) is 37.6 Å². The Morgan fingerprint density at radius 1 is 1.28 bits per heavy atom. The molecule has 1 saturated heterocycles. The third-order valence-corrected chi connectivity index (χ3v) is 4.78. The normalized spacial score (nSPS) is 14.4. The van der Waals surface area contributed by atoms with Crippen LogP contribution in [0.4, 0.5) is 5.69 Å². The molecular weight excluding hydrogens is 312 g/mol. The largest absolute Gasteiger partial charge is 0.383 e. The number of hydrogen-bond acceptors (Lipinski definition) is 4. The predicted octanol–water partition coefficient (Wildman–Crippen LogP) is 3.54. The maximum atomic E-state index is 12.3. The molecule has 0 bridgehead atoms. The summed E-state index contributed by atoms with van der Waals surface area (Å²) in [5.74, 6) is 0.191. The fraction of sp³-hybridized carbons (Fsp3) is 0.450. The molecule has 25 heavy (non-hydrogen) atoms. The Morgan fingerprint density at radius 3 is 2.76 bits per heavy atom. The van der Waals surface area contributed by atoms with Crippen molar-refractivity contribution in [3.63, 3.8) is 0 Å². The lowest BCUT2D eigenvalue weighted by Gasteiger charge is -2.26. The van der Waals surface area contributed by atoms with Crippen LogP contribution in [0.25, 0.3) is 10.9 Å². The number of aromatic nitrogens is 1. The highest BCUT2D eigenvalue weighted by Crippen LogP contribution is 2.28. The van der Waals surface area contributed by atoms with E-state index in [4.69, 9.17) is 0 Å². The lowest BCUT2D eigenvalue weighted by atomic mass is 10.0. The Kier molecular flexibility index (Phi) is 5.18. The summed E-state index contributed by atoms with van der Waals surface area (Å²) >= 11 is 0. The number of benzene rings is 1. The van der Waals surface area contributed by atoms with Crippen molar-refractivity contribution < 1.29 is 4.79 Å². The number of nitriles is 1. The first-order valence-corrected chi connectivity index (χ1v) is 8.92. The molecule has 0 atom stereocenters. The van der Waals surface area contributed by atoms with Gasteiger partial charge in [0.1, 0.15) is 6.07 Å². The van der Waals surface area contributed by atoms with Gasteiger partial charge in [-0.1, -0.05) is 11.6 Å². The number of nitrogens with one attached hydrogen (secondary N) is 1. The first-order valence-electron chi connectivity index (χ1n) is 8.92. The smallest absolute Gasteiger partial charge is 0.224 e. The minimum Gasteiger partial charge on any atom is -0.383 e. The zero-order valence-electron chi connectivity index (χ0n) is 14.9. The van der Waals surface area contributed by atoms with Crippen LogP contribution in [0.3, 0.4) is 0 Å². The van der Waals surface area contributed by atoms with Gasteiger partial charge in [0.2, 0.25) is 5.91 Å². The fourth-order valence-electron chi connectivity index (χ4n) is 3.53. The number of likely N-dealkylation sites (tertiary alicyclic amines) is 1. The number of amides is 1. The van der Waals surface area contributed by atoms with E-state index in [1.807, 2.05) is 24.8 Å². The Labute approximate surface area is 148 Å². The minimum absolute atomic E-state index is 0.191. The molecule has 2 aromatic rings. The molecule has 0 radical (unpaired) electrons. The summed E-state index contributed by atoms with van der Waals surface area (Å²) in [5.41, 5.74) is 4.42. The van der Waals surface area contributed by atoms with Crippen molar-refractivity contribution in [1.29, 1.82) is 5.26 Å². The SMILES string of the molecule is Cc1cc(C)c2ncc(C#N)c(NCCC(=O)N3CCCCC3)c2c1. The van der Waals surface area contributed by atoms with Crippen LogP contribution >= 0.6 is 0 Å². The summed E-state index contributed by atoms with van der Waals surface area (Å²) in [4.78, 5) is 18.7. The summed E-state index contributed by atoms with van der Waals surface area (Å²) in [6, 6.07) is 6.34. The number of piperidine rings is 1. The number of nitrogens with zero attached hydrogens (tertiary/aromatic N) is 3. The Morgan fingerprint density at radius 2 is 2.04 bits per heavy atom. The van der Waals surface area contributed by atoms with Crippen LogP contribution in [0, 0.1) is 25.2 Å². The number of pyridine rings is 1. The molecule has 0 aliphatic carbocycles. The van der Waals surface area contributed by atoms with E-state index in [0.29, 0.717) is 18.5 Å². The van der Waals surface area contributed by atoms with Crippen LogP contribution in [-0.2, 0) is 4.79 Å². The van der Waals surface area contributed by atoms with Gasteiger partial charge in [-0.15, -0.1) is 0 Å². The van der Waals surface area contributed by atoms with Crippen molar-refractivity contribution in [2.24, 2.45) is 0 Å². The number of hydrogen-bond donors (Lipinski definition) is 1. The topological polar surface area (TPSA) is 69.0 Å². The highest BCUT2D eigenvalue weighted by molar-refractivity contribution is 5.96. The lowest BCUT2D eigenvalue weighted by Crippen LogP contribution is -2.36. The maximum absolute atomic E-state index is 12.3. The van der Waals surface area contributed by atoms with Crippen LogP contribution in [0.2, 0.25) is 0 Å². The zero-order valence-corrected chi connectivity index (χ0v) is 14.9. The molecule has 0 spiro atoms. The van der Waals surface area contributed by atoms with E-state index in [2.05, 4.69) is 22.4 Å². The number of anilines is 1. The quantitative estimate of drug-likeness (QED) is 0.927.